The molecule has 28 heavy (non-hydrogen) atoms. The van der Waals surface area contributed by atoms with Crippen LogP contribution < -0.4 is 4.74 Å². The summed E-state index contributed by atoms with van der Waals surface area (Å²) in [6, 6.07) is 5.01. The molecule has 2 heterocycles. The summed E-state index contributed by atoms with van der Waals surface area (Å²) >= 11 is 0. The highest BCUT2D eigenvalue weighted by molar-refractivity contribution is 5.94. The van der Waals surface area contributed by atoms with E-state index in [1.54, 1.807) is 4.90 Å². The van der Waals surface area contributed by atoms with Crippen LogP contribution in [0.15, 0.2) is 28.8 Å². The average molecular weight is 395 g/mol. The predicted molar refractivity (Wildman–Crippen MR) is 91.7 cm³/mol. The summed E-state index contributed by atoms with van der Waals surface area (Å²) in [5.41, 5.74) is 0.337. The zero-order valence-corrected chi connectivity index (χ0v) is 15.1. The van der Waals surface area contributed by atoms with Crippen molar-refractivity contribution in [1.29, 1.82) is 0 Å². The monoisotopic (exact) mass is 395 g/mol. The third-order valence-electron chi connectivity index (χ3n) is 5.03. The number of nitrogens with zero attached hydrogens (tertiary/aromatic N) is 3. The second-order valence-corrected chi connectivity index (χ2v) is 7.36. The molecule has 0 bridgehead atoms. The Morgan fingerprint density at radius 3 is 2.64 bits per heavy atom. The Hall–Kier alpha value is -2.58. The fourth-order valence-corrected chi connectivity index (χ4v) is 3.50. The Bertz CT molecular complexity index is 831. The molecule has 1 atom stereocenters. The number of ether oxygens (including phenoxy) is 1. The zero-order valence-electron chi connectivity index (χ0n) is 15.1. The number of halogens is 3. The lowest BCUT2D eigenvalue weighted by molar-refractivity contribution is -0.274. The molecule has 1 saturated carbocycles. The van der Waals surface area contributed by atoms with E-state index >= 15 is 0 Å². The van der Waals surface area contributed by atoms with Crippen LogP contribution in [0, 0.1) is 5.92 Å². The largest absolute Gasteiger partial charge is 0.573 e. The normalized spacial score (nSPS) is 20.2. The third kappa shape index (κ3) is 4.63. The van der Waals surface area contributed by atoms with Crippen molar-refractivity contribution >= 4 is 5.91 Å². The molecule has 1 aromatic heterocycles. The number of piperidine rings is 1. The molecule has 2 aromatic rings. The summed E-state index contributed by atoms with van der Waals surface area (Å²) in [5.74, 6) is 1.50. The van der Waals surface area contributed by atoms with Crippen molar-refractivity contribution in [3.8, 4) is 5.75 Å². The van der Waals surface area contributed by atoms with Crippen LogP contribution in [0.2, 0.25) is 0 Å². The van der Waals surface area contributed by atoms with Crippen molar-refractivity contribution in [2.45, 2.75) is 44.4 Å². The molecule has 0 radical (unpaired) electrons. The maximum absolute atomic E-state index is 12.7. The van der Waals surface area contributed by atoms with Crippen LogP contribution in [-0.4, -0.2) is 40.4 Å². The summed E-state index contributed by atoms with van der Waals surface area (Å²) in [4.78, 5) is 18.9. The quantitative estimate of drug-likeness (QED) is 0.767. The van der Waals surface area contributed by atoms with Crippen LogP contribution in [-0.2, 0) is 6.42 Å². The molecule has 0 N–H and O–H groups in total. The first-order valence-corrected chi connectivity index (χ1v) is 9.35. The molecule has 9 heteroatoms. The highest BCUT2D eigenvalue weighted by Crippen LogP contribution is 2.38. The number of hydrogen-bond donors (Lipinski definition) is 0. The summed E-state index contributed by atoms with van der Waals surface area (Å²) < 4.78 is 45.9. The zero-order chi connectivity index (χ0) is 19.7. The van der Waals surface area contributed by atoms with Gasteiger partial charge in [0.15, 0.2) is 5.82 Å². The van der Waals surface area contributed by atoms with Gasteiger partial charge in [-0.3, -0.25) is 4.79 Å². The molecule has 1 saturated heterocycles. The van der Waals surface area contributed by atoms with Gasteiger partial charge in [0.25, 0.3) is 5.91 Å². The van der Waals surface area contributed by atoms with Gasteiger partial charge in [0.05, 0.1) is 0 Å². The van der Waals surface area contributed by atoms with Gasteiger partial charge in [-0.15, -0.1) is 13.2 Å². The number of carbonyl (C=O) groups is 1. The number of carbonyl (C=O) groups excluding carboxylic acids is 1. The predicted octanol–water partition coefficient (Wildman–Crippen LogP) is 3.94. The smallest absolute Gasteiger partial charge is 0.406 e. The second kappa shape index (κ2) is 7.44. The van der Waals surface area contributed by atoms with Crippen molar-refractivity contribution in [3.63, 3.8) is 0 Å². The fraction of sp³-hybridized carbons (Fsp3) is 0.526. The lowest BCUT2D eigenvalue weighted by Gasteiger charge is -2.32. The Kier molecular flexibility index (Phi) is 4.99. The number of hydrogen-bond acceptors (Lipinski definition) is 5. The van der Waals surface area contributed by atoms with Crippen molar-refractivity contribution < 1.29 is 27.2 Å². The highest BCUT2D eigenvalue weighted by Gasteiger charge is 2.32. The van der Waals surface area contributed by atoms with Gasteiger partial charge in [0, 0.05) is 31.0 Å². The van der Waals surface area contributed by atoms with Crippen LogP contribution >= 0.6 is 0 Å². The van der Waals surface area contributed by atoms with Crippen molar-refractivity contribution in [1.82, 2.24) is 15.0 Å². The Balaban J connectivity index is 1.35. The lowest BCUT2D eigenvalue weighted by Crippen LogP contribution is -2.40. The minimum Gasteiger partial charge on any atom is -0.406 e. The summed E-state index contributed by atoms with van der Waals surface area (Å²) in [7, 11) is 0. The van der Waals surface area contributed by atoms with Crippen molar-refractivity contribution in [3.05, 3.63) is 41.5 Å². The van der Waals surface area contributed by atoms with E-state index in [0.29, 0.717) is 36.9 Å². The molecular weight excluding hydrogens is 375 g/mol. The van der Waals surface area contributed by atoms with Crippen LogP contribution in [0.3, 0.4) is 0 Å². The summed E-state index contributed by atoms with van der Waals surface area (Å²) in [5, 5.41) is 4.02. The van der Waals surface area contributed by atoms with Gasteiger partial charge in [-0.05, 0) is 55.9 Å². The van der Waals surface area contributed by atoms with E-state index in [2.05, 4.69) is 14.9 Å². The van der Waals surface area contributed by atoms with E-state index < -0.39 is 6.36 Å². The Labute approximate surface area is 159 Å². The lowest BCUT2D eigenvalue weighted by atomic mass is 9.94. The molecule has 1 aromatic carbocycles. The topological polar surface area (TPSA) is 68.5 Å². The molecular formula is C19H20F3N3O3. The van der Waals surface area contributed by atoms with Gasteiger partial charge >= 0.3 is 6.36 Å². The van der Waals surface area contributed by atoms with Gasteiger partial charge in [0.1, 0.15) is 5.75 Å². The molecule has 1 aliphatic heterocycles. The average Bonchev–Trinajstić information content (AvgIpc) is 3.40. The van der Waals surface area contributed by atoms with Crippen LogP contribution in [0.1, 0.15) is 53.7 Å². The highest BCUT2D eigenvalue weighted by atomic mass is 19.4. The van der Waals surface area contributed by atoms with Gasteiger partial charge < -0.3 is 14.2 Å². The number of amides is 1. The molecule has 150 valence electrons. The maximum Gasteiger partial charge on any atom is 0.573 e. The molecule has 1 amide bonds. The first-order valence-electron chi connectivity index (χ1n) is 9.35. The number of likely N-dealkylation sites (tertiary alicyclic amines) is 1. The molecule has 1 aliphatic carbocycles. The van der Waals surface area contributed by atoms with Crippen LogP contribution in [0.25, 0.3) is 0 Å². The Morgan fingerprint density at radius 1 is 1.21 bits per heavy atom. The third-order valence-corrected chi connectivity index (χ3v) is 5.03. The summed E-state index contributed by atoms with van der Waals surface area (Å²) in [6.45, 7) is 1.17. The van der Waals surface area contributed by atoms with Crippen LogP contribution in [0.5, 0.6) is 5.75 Å². The molecule has 0 spiro atoms. The minimum absolute atomic E-state index is 0.201. The minimum atomic E-state index is -4.75. The molecule has 2 fully saturated rings. The van der Waals surface area contributed by atoms with E-state index in [0.717, 1.165) is 43.6 Å². The van der Waals surface area contributed by atoms with E-state index in [9.17, 15) is 18.0 Å². The molecule has 6 nitrogen and oxygen atoms in total. The number of aromatic nitrogens is 2. The van der Waals surface area contributed by atoms with Gasteiger partial charge in [-0.25, -0.2) is 0 Å². The Morgan fingerprint density at radius 2 is 1.96 bits per heavy atom. The fourth-order valence-electron chi connectivity index (χ4n) is 3.50. The van der Waals surface area contributed by atoms with E-state index in [4.69, 9.17) is 4.52 Å². The van der Waals surface area contributed by atoms with E-state index in [1.165, 1.54) is 12.1 Å². The van der Waals surface area contributed by atoms with Crippen LogP contribution in [0.4, 0.5) is 13.2 Å². The molecule has 4 rings (SSSR count). The summed E-state index contributed by atoms with van der Waals surface area (Å²) in [6.07, 6.45) is -0.0882. The van der Waals surface area contributed by atoms with Gasteiger partial charge in [-0.2, -0.15) is 4.98 Å². The first kappa shape index (κ1) is 18.8. The number of benzene rings is 1. The van der Waals surface area contributed by atoms with Gasteiger partial charge in [0.2, 0.25) is 5.89 Å². The first-order chi connectivity index (χ1) is 13.4. The standard InChI is InChI=1S/C19H20F3N3O3/c20-19(21,22)27-15-7-5-14(6-8-15)18(26)25-9-1-2-12(11-25)10-16-23-17(24-28-16)13-3-4-13/h5-8,12-13H,1-4,9-11H2/t12-/m0/s1. The number of rotatable bonds is 5. The van der Waals surface area contributed by atoms with E-state index in [-0.39, 0.29) is 17.6 Å². The van der Waals surface area contributed by atoms with Crippen molar-refractivity contribution in [2.75, 3.05) is 13.1 Å². The van der Waals surface area contributed by atoms with Crippen molar-refractivity contribution in [2.24, 2.45) is 5.92 Å². The molecule has 0 unspecified atom stereocenters. The SMILES string of the molecule is O=C(c1ccc(OC(F)(F)F)cc1)N1CCC[C@@H](Cc2nc(C3CC3)no2)C1. The number of alkyl halides is 3. The molecule has 2 aliphatic rings. The second-order valence-electron chi connectivity index (χ2n) is 7.36. The van der Waals surface area contributed by atoms with Gasteiger partial charge in [-0.1, -0.05) is 5.16 Å². The maximum atomic E-state index is 12.7. The van der Waals surface area contributed by atoms with E-state index in [1.807, 2.05) is 0 Å².